The van der Waals surface area contributed by atoms with Crippen LogP contribution in [-0.4, -0.2) is 56.1 Å². The predicted molar refractivity (Wildman–Crippen MR) is 95.6 cm³/mol. The maximum atomic E-state index is 12.6. The highest BCUT2D eigenvalue weighted by atomic mass is 32.2. The maximum absolute atomic E-state index is 12.6. The molecule has 0 aromatic heterocycles. The van der Waals surface area contributed by atoms with Gasteiger partial charge in [-0.25, -0.2) is 17.2 Å². The van der Waals surface area contributed by atoms with Crippen LogP contribution in [-0.2, 0) is 21.2 Å². The molecule has 0 atom stereocenters. The number of hydrogen-bond acceptors (Lipinski definition) is 3. The van der Waals surface area contributed by atoms with Gasteiger partial charge in [0, 0.05) is 26.1 Å². The Morgan fingerprint density at radius 1 is 1.19 bits per heavy atom. The number of hydrogen-bond donors (Lipinski definition) is 0. The summed E-state index contributed by atoms with van der Waals surface area (Å²) in [4.78, 5) is 13.6. The predicted octanol–water partition coefficient (Wildman–Crippen LogP) is 2.91. The molecule has 1 saturated heterocycles. The Balaban J connectivity index is 1.95. The number of alkyl halides is 2. The van der Waals surface area contributed by atoms with Crippen LogP contribution in [0.5, 0.6) is 0 Å². The molecule has 0 radical (unpaired) electrons. The molecule has 0 bridgehead atoms. The van der Waals surface area contributed by atoms with Crippen LogP contribution in [0.2, 0.25) is 0 Å². The van der Waals surface area contributed by atoms with E-state index in [4.69, 9.17) is 0 Å². The van der Waals surface area contributed by atoms with E-state index >= 15 is 0 Å². The van der Waals surface area contributed by atoms with Gasteiger partial charge in [-0.15, -0.1) is 0 Å². The van der Waals surface area contributed by atoms with Gasteiger partial charge >= 0.3 is 0 Å². The van der Waals surface area contributed by atoms with Crippen molar-refractivity contribution in [2.45, 2.75) is 50.3 Å². The number of sulfonamides is 1. The Labute approximate surface area is 154 Å². The Kier molecular flexibility index (Phi) is 7.52. The Morgan fingerprint density at radius 3 is 2.35 bits per heavy atom. The van der Waals surface area contributed by atoms with Gasteiger partial charge in [0.05, 0.1) is 11.4 Å². The first-order valence-electron chi connectivity index (χ1n) is 8.99. The molecule has 2 rings (SSSR count). The van der Waals surface area contributed by atoms with Gasteiger partial charge in [-0.05, 0) is 43.4 Å². The first-order chi connectivity index (χ1) is 12.3. The van der Waals surface area contributed by atoms with Gasteiger partial charge in [-0.2, -0.15) is 4.31 Å². The van der Waals surface area contributed by atoms with Crippen LogP contribution in [0, 0.1) is 0 Å². The van der Waals surface area contributed by atoms with Crippen molar-refractivity contribution in [1.82, 2.24) is 9.21 Å². The van der Waals surface area contributed by atoms with Gasteiger partial charge in [0.1, 0.15) is 0 Å². The number of nitrogens with zero attached hydrogens (tertiary/aromatic N) is 2. The summed E-state index contributed by atoms with van der Waals surface area (Å²) in [6, 6.07) is 6.48. The summed E-state index contributed by atoms with van der Waals surface area (Å²) in [5.41, 5.74) is 0.812. The van der Waals surface area contributed by atoms with Crippen molar-refractivity contribution < 1.29 is 22.0 Å². The third kappa shape index (κ3) is 5.48. The lowest BCUT2D eigenvalue weighted by Gasteiger charge is -2.21. The molecule has 5 nitrogen and oxygen atoms in total. The molecule has 1 amide bonds. The zero-order valence-corrected chi connectivity index (χ0v) is 15.9. The molecule has 0 N–H and O–H groups in total. The van der Waals surface area contributed by atoms with Gasteiger partial charge in [0.2, 0.25) is 15.9 Å². The number of rotatable bonds is 9. The molecule has 1 aromatic carbocycles. The van der Waals surface area contributed by atoms with Crippen molar-refractivity contribution in [2.24, 2.45) is 0 Å². The van der Waals surface area contributed by atoms with Gasteiger partial charge in [-0.1, -0.05) is 19.1 Å². The average Bonchev–Trinajstić information content (AvgIpc) is 3.15. The summed E-state index contributed by atoms with van der Waals surface area (Å²) in [6.07, 6.45) is 0.373. The van der Waals surface area contributed by atoms with E-state index < -0.39 is 23.0 Å². The average molecular weight is 388 g/mol. The fraction of sp³-hybridized carbons (Fsp3) is 0.611. The lowest BCUT2D eigenvalue weighted by atomic mass is 10.1. The highest BCUT2D eigenvalue weighted by Crippen LogP contribution is 2.21. The number of benzene rings is 1. The number of halogens is 2. The minimum Gasteiger partial charge on any atom is -0.337 e. The van der Waals surface area contributed by atoms with Gasteiger partial charge in [0.25, 0.3) is 6.43 Å². The van der Waals surface area contributed by atoms with Crippen LogP contribution < -0.4 is 0 Å². The summed E-state index contributed by atoms with van der Waals surface area (Å²) in [5, 5.41) is 0. The molecule has 0 spiro atoms. The molecule has 146 valence electrons. The number of carbonyl (C=O) groups is 1. The first kappa shape index (κ1) is 20.8. The summed E-state index contributed by atoms with van der Waals surface area (Å²) in [5.74, 6) is -0.305. The van der Waals surface area contributed by atoms with E-state index in [-0.39, 0.29) is 17.2 Å². The van der Waals surface area contributed by atoms with Gasteiger partial charge in [-0.3, -0.25) is 4.79 Å². The normalized spacial score (nSPS) is 15.5. The molecule has 0 saturated carbocycles. The molecule has 1 fully saturated rings. The van der Waals surface area contributed by atoms with Crippen LogP contribution in [0.3, 0.4) is 0 Å². The van der Waals surface area contributed by atoms with Gasteiger partial charge < -0.3 is 4.90 Å². The molecular weight excluding hydrogens is 362 g/mol. The van der Waals surface area contributed by atoms with E-state index in [0.717, 1.165) is 18.4 Å². The molecule has 0 unspecified atom stereocenters. The minimum absolute atomic E-state index is 0.130. The fourth-order valence-corrected chi connectivity index (χ4v) is 4.59. The fourth-order valence-electron chi connectivity index (χ4n) is 3.07. The highest BCUT2D eigenvalue weighted by molar-refractivity contribution is 7.89. The minimum atomic E-state index is -3.45. The Bertz CT molecular complexity index is 687. The van der Waals surface area contributed by atoms with E-state index in [1.165, 1.54) is 9.21 Å². The number of amides is 1. The van der Waals surface area contributed by atoms with E-state index in [2.05, 4.69) is 0 Å². The van der Waals surface area contributed by atoms with Crippen molar-refractivity contribution in [3.05, 3.63) is 29.8 Å². The van der Waals surface area contributed by atoms with Crippen LogP contribution in [0.1, 0.15) is 38.2 Å². The second-order valence-corrected chi connectivity index (χ2v) is 8.42. The smallest absolute Gasteiger partial charge is 0.255 e. The summed E-state index contributed by atoms with van der Waals surface area (Å²) in [6.45, 7) is 2.72. The van der Waals surface area contributed by atoms with E-state index in [1.807, 2.05) is 6.92 Å². The van der Waals surface area contributed by atoms with Crippen LogP contribution in [0.25, 0.3) is 0 Å². The molecular formula is C18H26F2N2O3S. The summed E-state index contributed by atoms with van der Waals surface area (Å²) >= 11 is 0. The number of carbonyl (C=O) groups excluding carboxylic acids is 1. The molecule has 1 aliphatic heterocycles. The van der Waals surface area contributed by atoms with Crippen molar-refractivity contribution in [2.75, 3.05) is 26.2 Å². The molecule has 8 heteroatoms. The molecule has 1 heterocycles. The quantitative estimate of drug-likeness (QED) is 0.654. The zero-order chi connectivity index (χ0) is 19.2. The highest BCUT2D eigenvalue weighted by Gasteiger charge is 2.27. The Morgan fingerprint density at radius 2 is 1.81 bits per heavy atom. The van der Waals surface area contributed by atoms with E-state index in [9.17, 15) is 22.0 Å². The summed E-state index contributed by atoms with van der Waals surface area (Å²) in [7, 11) is -3.45. The standard InChI is InChI=1S/C18H26F2N2O3S/c1-2-11-21(14-17(19)20)18(23)10-7-15-5-8-16(9-6-15)26(24,25)22-12-3-4-13-22/h5-6,8-9,17H,2-4,7,10-14H2,1H3. The van der Waals surface area contributed by atoms with E-state index in [1.54, 1.807) is 24.3 Å². The molecule has 0 aliphatic carbocycles. The second-order valence-electron chi connectivity index (χ2n) is 6.49. The van der Waals surface area contributed by atoms with Crippen LogP contribution >= 0.6 is 0 Å². The van der Waals surface area contributed by atoms with Crippen molar-refractivity contribution >= 4 is 15.9 Å². The van der Waals surface area contributed by atoms with Crippen molar-refractivity contribution in [1.29, 1.82) is 0 Å². The molecule has 1 aromatic rings. The first-order valence-corrected chi connectivity index (χ1v) is 10.4. The SMILES string of the molecule is CCCN(CC(F)F)C(=O)CCc1ccc(S(=O)(=O)N2CCCC2)cc1. The van der Waals surface area contributed by atoms with Crippen molar-refractivity contribution in [3.8, 4) is 0 Å². The third-order valence-corrected chi connectivity index (χ3v) is 6.37. The largest absolute Gasteiger partial charge is 0.337 e. The lowest BCUT2D eigenvalue weighted by Crippen LogP contribution is -2.35. The molecule has 1 aliphatic rings. The van der Waals surface area contributed by atoms with Crippen LogP contribution in [0.4, 0.5) is 8.78 Å². The number of aryl methyl sites for hydroxylation is 1. The molecule has 26 heavy (non-hydrogen) atoms. The van der Waals surface area contributed by atoms with Crippen LogP contribution in [0.15, 0.2) is 29.2 Å². The van der Waals surface area contributed by atoms with E-state index in [0.29, 0.717) is 32.5 Å². The van der Waals surface area contributed by atoms with Crippen molar-refractivity contribution in [3.63, 3.8) is 0 Å². The topological polar surface area (TPSA) is 57.7 Å². The monoisotopic (exact) mass is 388 g/mol. The second kappa shape index (κ2) is 9.41. The third-order valence-electron chi connectivity index (χ3n) is 4.46. The lowest BCUT2D eigenvalue weighted by molar-refractivity contribution is -0.133. The maximum Gasteiger partial charge on any atom is 0.255 e. The zero-order valence-electron chi connectivity index (χ0n) is 15.0. The van der Waals surface area contributed by atoms with Gasteiger partial charge in [0.15, 0.2) is 0 Å². The summed E-state index contributed by atoms with van der Waals surface area (Å²) < 4.78 is 51.5. The Hall–Kier alpha value is -1.54.